The summed E-state index contributed by atoms with van der Waals surface area (Å²) in [5.41, 5.74) is 7.10. The molecule has 0 saturated carbocycles. The summed E-state index contributed by atoms with van der Waals surface area (Å²) in [5.74, 6) is -0.00270. The van der Waals surface area contributed by atoms with Crippen molar-refractivity contribution in [3.05, 3.63) is 21.5 Å². The fourth-order valence-electron chi connectivity index (χ4n) is 1.81. The summed E-state index contributed by atoms with van der Waals surface area (Å²) in [4.78, 5) is 17.1. The standard InChI is InChI=1S/C12H15FIN5O/c1-18(2)12(20)16-3-4-19-10-5-7(13)8(14)6-9(10)17-11(19)15/h5-6H,3-4H2,1-2H3,(H2,15,17)(H,16,20). The summed E-state index contributed by atoms with van der Waals surface area (Å²) < 4.78 is 15.8. The third kappa shape index (κ3) is 2.94. The smallest absolute Gasteiger partial charge is 0.316 e. The number of benzene rings is 1. The van der Waals surface area contributed by atoms with Gasteiger partial charge in [-0.25, -0.2) is 14.2 Å². The molecule has 20 heavy (non-hydrogen) atoms. The number of rotatable bonds is 3. The molecular formula is C12H15FIN5O. The molecule has 108 valence electrons. The molecule has 1 aromatic carbocycles. The van der Waals surface area contributed by atoms with Crippen LogP contribution in [0, 0.1) is 9.39 Å². The minimum absolute atomic E-state index is 0.186. The van der Waals surface area contributed by atoms with Gasteiger partial charge in [-0.1, -0.05) is 0 Å². The van der Waals surface area contributed by atoms with Crippen molar-refractivity contribution in [2.45, 2.75) is 6.54 Å². The minimum Gasteiger partial charge on any atom is -0.369 e. The van der Waals surface area contributed by atoms with Crippen LogP contribution in [0.25, 0.3) is 11.0 Å². The number of hydrogen-bond acceptors (Lipinski definition) is 3. The topological polar surface area (TPSA) is 76.2 Å². The summed E-state index contributed by atoms with van der Waals surface area (Å²) in [6.07, 6.45) is 0. The molecule has 0 aliphatic heterocycles. The summed E-state index contributed by atoms with van der Waals surface area (Å²) >= 11 is 1.91. The summed E-state index contributed by atoms with van der Waals surface area (Å²) in [7, 11) is 3.32. The highest BCUT2D eigenvalue weighted by Crippen LogP contribution is 2.22. The summed E-state index contributed by atoms with van der Waals surface area (Å²) in [6.45, 7) is 0.822. The first-order valence-electron chi connectivity index (χ1n) is 5.96. The maximum absolute atomic E-state index is 13.6. The van der Waals surface area contributed by atoms with Crippen LogP contribution in [-0.2, 0) is 6.54 Å². The molecule has 0 unspecified atom stereocenters. The molecule has 0 atom stereocenters. The molecule has 0 aliphatic carbocycles. The normalized spacial score (nSPS) is 10.8. The highest BCUT2D eigenvalue weighted by Gasteiger charge is 2.12. The Hall–Kier alpha value is -1.58. The highest BCUT2D eigenvalue weighted by molar-refractivity contribution is 14.1. The van der Waals surface area contributed by atoms with Gasteiger partial charge in [-0.2, -0.15) is 0 Å². The van der Waals surface area contributed by atoms with Gasteiger partial charge in [0.15, 0.2) is 0 Å². The lowest BCUT2D eigenvalue weighted by molar-refractivity contribution is 0.217. The van der Waals surface area contributed by atoms with E-state index < -0.39 is 0 Å². The highest BCUT2D eigenvalue weighted by atomic mass is 127. The van der Waals surface area contributed by atoms with E-state index in [1.807, 2.05) is 22.6 Å². The maximum atomic E-state index is 13.6. The Labute approximate surface area is 129 Å². The Kier molecular flexibility index (Phi) is 4.31. The molecule has 1 aromatic heterocycles. The van der Waals surface area contributed by atoms with Crippen LogP contribution in [0.1, 0.15) is 0 Å². The number of amides is 2. The molecule has 3 N–H and O–H groups in total. The van der Waals surface area contributed by atoms with Crippen LogP contribution in [0.4, 0.5) is 15.1 Å². The van der Waals surface area contributed by atoms with Gasteiger partial charge >= 0.3 is 6.03 Å². The molecular weight excluding hydrogens is 376 g/mol. The number of nitrogens with one attached hydrogen (secondary N) is 1. The predicted octanol–water partition coefficient (Wildman–Crippen LogP) is 1.63. The molecule has 2 aromatic rings. The van der Waals surface area contributed by atoms with Gasteiger partial charge < -0.3 is 20.5 Å². The number of hydrogen-bond donors (Lipinski definition) is 2. The van der Waals surface area contributed by atoms with Crippen molar-refractivity contribution in [1.29, 1.82) is 0 Å². The van der Waals surface area contributed by atoms with Gasteiger partial charge in [-0.3, -0.25) is 0 Å². The fourth-order valence-corrected chi connectivity index (χ4v) is 2.26. The number of imidazole rings is 1. The number of halogens is 2. The molecule has 1 heterocycles. The van der Waals surface area contributed by atoms with E-state index >= 15 is 0 Å². The average Bonchev–Trinajstić information content (AvgIpc) is 2.66. The van der Waals surface area contributed by atoms with Gasteiger partial charge in [0.25, 0.3) is 0 Å². The third-order valence-electron chi connectivity index (χ3n) is 2.84. The molecule has 0 bridgehead atoms. The van der Waals surface area contributed by atoms with Crippen molar-refractivity contribution in [1.82, 2.24) is 19.8 Å². The van der Waals surface area contributed by atoms with Crippen LogP contribution in [-0.4, -0.2) is 41.1 Å². The lowest BCUT2D eigenvalue weighted by Crippen LogP contribution is -2.36. The van der Waals surface area contributed by atoms with Crippen molar-refractivity contribution in [3.63, 3.8) is 0 Å². The van der Waals surface area contributed by atoms with E-state index in [-0.39, 0.29) is 11.8 Å². The van der Waals surface area contributed by atoms with Gasteiger partial charge in [0.05, 0.1) is 14.6 Å². The number of nitrogen functional groups attached to an aromatic ring is 1. The number of nitrogens with zero attached hydrogens (tertiary/aromatic N) is 3. The minimum atomic E-state index is -0.309. The van der Waals surface area contributed by atoms with Crippen LogP contribution in [0.15, 0.2) is 12.1 Å². The number of anilines is 1. The number of carbonyl (C=O) groups is 1. The summed E-state index contributed by atoms with van der Waals surface area (Å²) in [6, 6.07) is 2.87. The molecule has 0 fully saturated rings. The Morgan fingerprint density at radius 3 is 2.90 bits per heavy atom. The average molecular weight is 391 g/mol. The molecule has 8 heteroatoms. The Bertz CT molecular complexity index is 655. The number of urea groups is 1. The van der Waals surface area contributed by atoms with E-state index in [1.165, 1.54) is 11.0 Å². The van der Waals surface area contributed by atoms with Crippen molar-refractivity contribution in [2.75, 3.05) is 26.4 Å². The second-order valence-corrected chi connectivity index (χ2v) is 5.67. The van der Waals surface area contributed by atoms with Crippen LogP contribution < -0.4 is 11.1 Å². The van der Waals surface area contributed by atoms with Crippen LogP contribution in [0.5, 0.6) is 0 Å². The zero-order valence-corrected chi connectivity index (χ0v) is 13.3. The van der Waals surface area contributed by atoms with Gasteiger partial charge in [0, 0.05) is 33.3 Å². The number of nitrogens with two attached hydrogens (primary N) is 1. The molecule has 0 spiro atoms. The van der Waals surface area contributed by atoms with Crippen molar-refractivity contribution >= 4 is 45.6 Å². The van der Waals surface area contributed by atoms with E-state index in [9.17, 15) is 9.18 Å². The van der Waals surface area contributed by atoms with Crippen molar-refractivity contribution in [3.8, 4) is 0 Å². The first kappa shape index (κ1) is 14.8. The van der Waals surface area contributed by atoms with Crippen molar-refractivity contribution < 1.29 is 9.18 Å². The molecule has 0 saturated heterocycles. The first-order valence-corrected chi connectivity index (χ1v) is 7.04. The molecule has 0 aliphatic rings. The lowest BCUT2D eigenvalue weighted by Gasteiger charge is -2.13. The maximum Gasteiger partial charge on any atom is 0.316 e. The van der Waals surface area contributed by atoms with E-state index in [0.29, 0.717) is 33.6 Å². The zero-order chi connectivity index (χ0) is 14.9. The zero-order valence-electron chi connectivity index (χ0n) is 11.2. The molecule has 2 rings (SSSR count). The second kappa shape index (κ2) is 5.81. The van der Waals surface area contributed by atoms with E-state index in [4.69, 9.17) is 5.73 Å². The Morgan fingerprint density at radius 2 is 2.25 bits per heavy atom. The van der Waals surface area contributed by atoms with E-state index in [1.54, 1.807) is 24.7 Å². The first-order chi connectivity index (χ1) is 9.40. The van der Waals surface area contributed by atoms with Crippen molar-refractivity contribution in [2.24, 2.45) is 0 Å². The molecule has 2 amide bonds. The van der Waals surface area contributed by atoms with E-state index in [0.717, 1.165) is 0 Å². The van der Waals surface area contributed by atoms with Crippen LogP contribution in [0.2, 0.25) is 0 Å². The summed E-state index contributed by atoms with van der Waals surface area (Å²) in [5, 5.41) is 2.73. The SMILES string of the molecule is CN(C)C(=O)NCCn1c(N)nc2cc(I)c(F)cc21. The van der Waals surface area contributed by atoms with Gasteiger partial charge in [0.2, 0.25) is 5.95 Å². The number of aromatic nitrogens is 2. The van der Waals surface area contributed by atoms with E-state index in [2.05, 4.69) is 10.3 Å². The Balaban J connectivity index is 2.19. The quantitative estimate of drug-likeness (QED) is 0.782. The molecule has 0 radical (unpaired) electrons. The monoisotopic (exact) mass is 391 g/mol. The largest absolute Gasteiger partial charge is 0.369 e. The predicted molar refractivity (Wildman–Crippen MR) is 83.9 cm³/mol. The van der Waals surface area contributed by atoms with Crippen LogP contribution >= 0.6 is 22.6 Å². The third-order valence-corrected chi connectivity index (χ3v) is 3.66. The Morgan fingerprint density at radius 1 is 1.55 bits per heavy atom. The lowest BCUT2D eigenvalue weighted by atomic mass is 10.3. The van der Waals surface area contributed by atoms with Gasteiger partial charge in [0.1, 0.15) is 5.82 Å². The molecule has 6 nitrogen and oxygen atoms in total. The fraction of sp³-hybridized carbons (Fsp3) is 0.333. The van der Waals surface area contributed by atoms with Gasteiger partial charge in [-0.05, 0) is 28.7 Å². The number of carbonyl (C=O) groups excluding carboxylic acids is 1. The van der Waals surface area contributed by atoms with Gasteiger partial charge in [-0.15, -0.1) is 0 Å². The van der Waals surface area contributed by atoms with Crippen LogP contribution in [0.3, 0.4) is 0 Å². The second-order valence-electron chi connectivity index (χ2n) is 4.50. The number of fused-ring (bicyclic) bond motifs is 1.